The molecule has 0 bridgehead atoms. The van der Waals surface area contributed by atoms with Gasteiger partial charge in [0.15, 0.2) is 6.10 Å². The third-order valence-electron chi connectivity index (χ3n) is 10.6. The minimum Gasteiger partial charge on any atom is -0.462 e. The molecule has 0 N–H and O–H groups in total. The Kier molecular flexibility index (Phi) is 49.5. The summed E-state index contributed by atoms with van der Waals surface area (Å²) in [6, 6.07) is 0. The lowest BCUT2D eigenvalue weighted by Gasteiger charge is -2.18. The van der Waals surface area contributed by atoms with E-state index < -0.39 is 6.10 Å². The molecule has 0 aliphatic heterocycles. The summed E-state index contributed by atoms with van der Waals surface area (Å²) < 4.78 is 17.3. The van der Waals surface area contributed by atoms with Gasteiger partial charge in [-0.05, 0) is 96.3 Å². The van der Waals surface area contributed by atoms with Crippen molar-refractivity contribution in [2.24, 2.45) is 0 Å². The van der Waals surface area contributed by atoms with Gasteiger partial charge in [0.25, 0.3) is 0 Å². The Morgan fingerprint density at radius 2 is 0.726 bits per heavy atom. The molecule has 1 atom stereocenters. The summed E-state index contributed by atoms with van der Waals surface area (Å²) in [7, 11) is 0. The van der Waals surface area contributed by atoms with Gasteiger partial charge in [-0.15, -0.1) is 0 Å². The third kappa shape index (κ3) is 49.5. The van der Waals surface area contributed by atoms with Gasteiger partial charge in [-0.1, -0.05) is 214 Å². The number of carbonyl (C=O) groups excluding carboxylic acids is 2. The number of hydrogen-bond acceptors (Lipinski definition) is 5. The maximum absolute atomic E-state index is 12.8. The zero-order valence-corrected chi connectivity index (χ0v) is 40.6. The summed E-state index contributed by atoms with van der Waals surface area (Å²) in [5, 5.41) is 0. The largest absolute Gasteiger partial charge is 0.462 e. The molecule has 0 aromatic carbocycles. The first kappa shape index (κ1) is 58.8. The van der Waals surface area contributed by atoms with E-state index in [9.17, 15) is 9.59 Å². The van der Waals surface area contributed by atoms with Crippen molar-refractivity contribution in [3.63, 3.8) is 0 Å². The highest BCUT2D eigenvalue weighted by Crippen LogP contribution is 2.14. The molecule has 354 valence electrons. The fourth-order valence-electron chi connectivity index (χ4n) is 6.79. The van der Waals surface area contributed by atoms with E-state index in [1.807, 2.05) is 0 Å². The van der Waals surface area contributed by atoms with Crippen LogP contribution in [0.2, 0.25) is 0 Å². The Labute approximate surface area is 383 Å². The predicted octanol–water partition coefficient (Wildman–Crippen LogP) is 17.5. The summed E-state index contributed by atoms with van der Waals surface area (Å²) in [6.45, 7) is 7.52. The van der Waals surface area contributed by atoms with E-state index >= 15 is 0 Å². The highest BCUT2D eigenvalue weighted by Gasteiger charge is 2.17. The average Bonchev–Trinajstić information content (AvgIpc) is 3.27. The number of allylic oxidation sites excluding steroid dienone is 16. The molecule has 0 heterocycles. The molecule has 0 rings (SSSR count). The summed E-state index contributed by atoms with van der Waals surface area (Å²) in [5.74, 6) is -0.447. The molecule has 62 heavy (non-hydrogen) atoms. The first-order valence-electron chi connectivity index (χ1n) is 25.8. The second-order valence-electron chi connectivity index (χ2n) is 16.7. The van der Waals surface area contributed by atoms with Crippen molar-refractivity contribution >= 4 is 11.9 Å². The Balaban J connectivity index is 4.38. The topological polar surface area (TPSA) is 61.8 Å². The summed E-state index contributed by atoms with van der Waals surface area (Å²) >= 11 is 0. The van der Waals surface area contributed by atoms with Crippen LogP contribution in [0.5, 0.6) is 0 Å². The second kappa shape index (κ2) is 52.2. The van der Waals surface area contributed by atoms with Gasteiger partial charge in [0.1, 0.15) is 6.61 Å². The van der Waals surface area contributed by atoms with E-state index in [4.69, 9.17) is 14.2 Å². The molecule has 0 radical (unpaired) electrons. The van der Waals surface area contributed by atoms with Crippen LogP contribution in [0.4, 0.5) is 0 Å². The van der Waals surface area contributed by atoms with E-state index in [2.05, 4.69) is 118 Å². The standard InChI is InChI=1S/C57H96O5/c1-4-7-10-13-16-19-22-24-26-27-28-29-30-32-34-37-40-43-46-49-52-60-53-55(62-57(59)51-48-45-42-39-35-21-18-15-12-9-6-3)54-61-56(58)50-47-44-41-38-36-33-31-25-23-20-17-14-11-8-5-2/h7,10,16-17,19-20,24-26,28-29,31-32,34,40,43,55H,4-6,8-9,11-15,18,21-23,27,30,33,35-39,41-42,44-54H2,1-3H3/b10-7-,19-16-,20-17-,26-24-,29-28-,31-25-,34-32-,43-40-. The van der Waals surface area contributed by atoms with Crippen LogP contribution in [0, 0.1) is 0 Å². The van der Waals surface area contributed by atoms with Gasteiger partial charge in [0, 0.05) is 19.4 Å². The molecule has 0 spiro atoms. The van der Waals surface area contributed by atoms with Crippen LogP contribution in [-0.4, -0.2) is 37.9 Å². The first-order valence-corrected chi connectivity index (χ1v) is 25.8. The number of rotatable bonds is 46. The Morgan fingerprint density at radius 1 is 0.371 bits per heavy atom. The van der Waals surface area contributed by atoms with E-state index in [-0.39, 0.29) is 25.2 Å². The minimum atomic E-state index is -0.574. The van der Waals surface area contributed by atoms with Crippen LogP contribution in [0.15, 0.2) is 97.2 Å². The first-order chi connectivity index (χ1) is 30.6. The Bertz CT molecular complexity index is 1200. The highest BCUT2D eigenvalue weighted by molar-refractivity contribution is 5.70. The van der Waals surface area contributed by atoms with E-state index in [0.29, 0.717) is 19.4 Å². The van der Waals surface area contributed by atoms with Crippen molar-refractivity contribution in [3.8, 4) is 0 Å². The molecule has 0 aromatic rings. The molecule has 0 amide bonds. The van der Waals surface area contributed by atoms with Crippen LogP contribution in [-0.2, 0) is 23.8 Å². The lowest BCUT2D eigenvalue weighted by Crippen LogP contribution is -2.30. The van der Waals surface area contributed by atoms with Crippen molar-refractivity contribution in [1.29, 1.82) is 0 Å². The van der Waals surface area contributed by atoms with Crippen molar-refractivity contribution in [2.75, 3.05) is 19.8 Å². The smallest absolute Gasteiger partial charge is 0.306 e. The molecule has 0 aliphatic rings. The fraction of sp³-hybridized carbons (Fsp3) is 0.684. The van der Waals surface area contributed by atoms with Gasteiger partial charge in [-0.25, -0.2) is 0 Å². The molecule has 5 heteroatoms. The molecule has 5 nitrogen and oxygen atoms in total. The molecule has 0 aliphatic carbocycles. The number of hydrogen-bond donors (Lipinski definition) is 0. The molecule has 0 saturated heterocycles. The summed E-state index contributed by atoms with van der Waals surface area (Å²) in [4.78, 5) is 25.3. The minimum absolute atomic E-state index is 0.0518. The lowest BCUT2D eigenvalue weighted by molar-refractivity contribution is -0.163. The average molecular weight is 861 g/mol. The van der Waals surface area contributed by atoms with Gasteiger partial charge in [0.2, 0.25) is 0 Å². The van der Waals surface area contributed by atoms with Gasteiger partial charge in [-0.2, -0.15) is 0 Å². The Morgan fingerprint density at radius 3 is 1.19 bits per heavy atom. The fourth-order valence-corrected chi connectivity index (χ4v) is 6.79. The SMILES string of the molecule is CC/C=C\C/C=C\C/C=C\C/C=C\C/C=C\C/C=C\CCCOCC(COC(=O)CCCCCCC/C=C\C/C=C\CCCCC)OC(=O)CCCCCCCCCCCCC. The molecule has 0 saturated carbocycles. The van der Waals surface area contributed by atoms with Crippen molar-refractivity contribution in [3.05, 3.63) is 97.2 Å². The van der Waals surface area contributed by atoms with Crippen molar-refractivity contribution in [2.45, 2.75) is 232 Å². The predicted molar refractivity (Wildman–Crippen MR) is 270 cm³/mol. The monoisotopic (exact) mass is 861 g/mol. The van der Waals surface area contributed by atoms with Crippen LogP contribution >= 0.6 is 0 Å². The maximum atomic E-state index is 12.8. The molecular formula is C57H96O5. The normalized spacial score (nSPS) is 13.0. The highest BCUT2D eigenvalue weighted by atomic mass is 16.6. The van der Waals surface area contributed by atoms with Crippen molar-refractivity contribution < 1.29 is 23.8 Å². The quantitative estimate of drug-likeness (QED) is 0.0347. The van der Waals surface area contributed by atoms with E-state index in [0.717, 1.165) is 103 Å². The summed E-state index contributed by atoms with van der Waals surface area (Å²) in [6.07, 6.45) is 69.9. The second-order valence-corrected chi connectivity index (χ2v) is 16.7. The van der Waals surface area contributed by atoms with E-state index in [1.54, 1.807) is 0 Å². The zero-order chi connectivity index (χ0) is 44.9. The summed E-state index contributed by atoms with van der Waals surface area (Å²) in [5.41, 5.74) is 0. The van der Waals surface area contributed by atoms with Gasteiger partial charge < -0.3 is 14.2 Å². The molecule has 0 fully saturated rings. The van der Waals surface area contributed by atoms with Gasteiger partial charge in [0.05, 0.1) is 6.61 Å². The molecule has 1 unspecified atom stereocenters. The number of esters is 2. The number of ether oxygens (including phenoxy) is 3. The van der Waals surface area contributed by atoms with E-state index in [1.165, 1.54) is 89.9 Å². The van der Waals surface area contributed by atoms with Crippen LogP contribution in [0.3, 0.4) is 0 Å². The number of unbranched alkanes of at least 4 members (excludes halogenated alkanes) is 19. The van der Waals surface area contributed by atoms with Crippen LogP contribution in [0.25, 0.3) is 0 Å². The van der Waals surface area contributed by atoms with Gasteiger partial charge in [-0.3, -0.25) is 9.59 Å². The Hall–Kier alpha value is -3.18. The maximum Gasteiger partial charge on any atom is 0.306 e. The van der Waals surface area contributed by atoms with Crippen molar-refractivity contribution in [1.82, 2.24) is 0 Å². The molecule has 0 aromatic heterocycles. The van der Waals surface area contributed by atoms with Gasteiger partial charge >= 0.3 is 11.9 Å². The van der Waals surface area contributed by atoms with Crippen LogP contribution < -0.4 is 0 Å². The third-order valence-corrected chi connectivity index (χ3v) is 10.6. The number of carbonyl (C=O) groups is 2. The molecular weight excluding hydrogens is 765 g/mol. The zero-order valence-electron chi connectivity index (χ0n) is 40.6. The lowest BCUT2D eigenvalue weighted by atomic mass is 10.1. The van der Waals surface area contributed by atoms with Crippen LogP contribution in [0.1, 0.15) is 226 Å².